The van der Waals surface area contributed by atoms with E-state index in [1.807, 2.05) is 5.32 Å². The summed E-state index contributed by atoms with van der Waals surface area (Å²) in [4.78, 5) is 26.4. The molecule has 0 saturated carbocycles. The average Bonchev–Trinajstić information content (AvgIpc) is 3.20. The fourth-order valence-corrected chi connectivity index (χ4v) is 5.80. The molecule has 1 unspecified atom stereocenters. The van der Waals surface area contributed by atoms with Crippen LogP contribution in [0.5, 0.6) is 0 Å². The Morgan fingerprint density at radius 3 is 2.32 bits per heavy atom. The molecule has 0 aromatic heterocycles. The van der Waals surface area contributed by atoms with Crippen molar-refractivity contribution in [1.82, 2.24) is 5.32 Å². The van der Waals surface area contributed by atoms with Crippen molar-refractivity contribution in [3.63, 3.8) is 0 Å². The van der Waals surface area contributed by atoms with Crippen molar-refractivity contribution in [2.75, 3.05) is 36.7 Å². The summed E-state index contributed by atoms with van der Waals surface area (Å²) in [6.45, 7) is 2.00. The van der Waals surface area contributed by atoms with Crippen LogP contribution in [0.4, 0.5) is 42.5 Å². The van der Waals surface area contributed by atoms with Gasteiger partial charge in [0.15, 0.2) is 11.6 Å². The predicted octanol–water partition coefficient (Wildman–Crippen LogP) is 5.18. The van der Waals surface area contributed by atoms with E-state index in [4.69, 9.17) is 0 Å². The maximum absolute atomic E-state index is 15.3. The number of amides is 3. The van der Waals surface area contributed by atoms with Crippen LogP contribution >= 0.6 is 7.14 Å². The van der Waals surface area contributed by atoms with E-state index in [2.05, 4.69) is 5.32 Å². The SMILES string of the molecule is CP(C)(=O)c1ccccc1-c1ccc(N2CC(CO)[C@@H](NC(=O)Nc3ccc(C(F)(F)F)cc3F)C2=O)c(F)c1F. The molecule has 1 aliphatic rings. The molecule has 3 amide bonds. The van der Waals surface area contributed by atoms with Crippen LogP contribution in [0.2, 0.25) is 0 Å². The lowest BCUT2D eigenvalue weighted by Gasteiger charge is -2.20. The topological polar surface area (TPSA) is 98.7 Å². The van der Waals surface area contributed by atoms with Gasteiger partial charge in [-0.1, -0.05) is 24.3 Å². The van der Waals surface area contributed by atoms with Gasteiger partial charge >= 0.3 is 12.2 Å². The van der Waals surface area contributed by atoms with E-state index in [0.717, 1.165) is 11.0 Å². The molecule has 0 spiro atoms. The van der Waals surface area contributed by atoms with Gasteiger partial charge in [-0.25, -0.2) is 18.0 Å². The second-order valence-corrected chi connectivity index (χ2v) is 13.0. The van der Waals surface area contributed by atoms with E-state index >= 15 is 8.78 Å². The van der Waals surface area contributed by atoms with E-state index in [-0.39, 0.29) is 23.7 Å². The van der Waals surface area contributed by atoms with E-state index in [0.29, 0.717) is 17.4 Å². The summed E-state index contributed by atoms with van der Waals surface area (Å²) < 4.78 is 95.8. The number of aliphatic hydroxyl groups excluding tert-OH is 1. The highest BCUT2D eigenvalue weighted by atomic mass is 31.2. The highest BCUT2D eigenvalue weighted by molar-refractivity contribution is 7.70. The maximum atomic E-state index is 15.3. The third-order valence-corrected chi connectivity index (χ3v) is 8.16. The number of hydrogen-bond donors (Lipinski definition) is 3. The second-order valence-electron chi connectivity index (χ2n) is 9.79. The Balaban J connectivity index is 1.57. The van der Waals surface area contributed by atoms with Crippen LogP contribution in [-0.4, -0.2) is 49.6 Å². The Kier molecular flexibility index (Phi) is 8.24. The van der Waals surface area contributed by atoms with Crippen molar-refractivity contribution < 1.29 is 45.6 Å². The first-order valence-electron chi connectivity index (χ1n) is 12.1. The quantitative estimate of drug-likeness (QED) is 0.269. The highest BCUT2D eigenvalue weighted by Crippen LogP contribution is 2.41. The molecule has 41 heavy (non-hydrogen) atoms. The first kappa shape index (κ1) is 30.1. The van der Waals surface area contributed by atoms with Crippen molar-refractivity contribution in [3.8, 4) is 11.1 Å². The number of anilines is 2. The van der Waals surface area contributed by atoms with Crippen LogP contribution < -0.4 is 20.8 Å². The van der Waals surface area contributed by atoms with Crippen LogP contribution in [0.3, 0.4) is 0 Å². The predicted molar refractivity (Wildman–Crippen MR) is 141 cm³/mol. The van der Waals surface area contributed by atoms with Crippen molar-refractivity contribution in [1.29, 1.82) is 0 Å². The van der Waals surface area contributed by atoms with Crippen LogP contribution in [0, 0.1) is 23.4 Å². The zero-order chi connectivity index (χ0) is 30.3. The van der Waals surface area contributed by atoms with E-state index < -0.39 is 78.2 Å². The van der Waals surface area contributed by atoms with Crippen molar-refractivity contribution in [2.24, 2.45) is 5.92 Å². The first-order chi connectivity index (χ1) is 19.1. The monoisotopic (exact) mass is 599 g/mol. The smallest absolute Gasteiger partial charge is 0.396 e. The lowest BCUT2D eigenvalue weighted by atomic mass is 10.0. The zero-order valence-corrected chi connectivity index (χ0v) is 22.5. The summed E-state index contributed by atoms with van der Waals surface area (Å²) in [7, 11) is -2.87. The largest absolute Gasteiger partial charge is 0.416 e. The van der Waals surface area contributed by atoms with Gasteiger partial charge in [0.05, 0.1) is 23.5 Å². The average molecular weight is 599 g/mol. The molecule has 3 aromatic carbocycles. The van der Waals surface area contributed by atoms with Gasteiger partial charge in [0.2, 0.25) is 5.91 Å². The zero-order valence-electron chi connectivity index (χ0n) is 21.6. The Labute approximate surface area is 230 Å². The number of alkyl halides is 3. The molecule has 3 N–H and O–H groups in total. The molecule has 218 valence electrons. The minimum absolute atomic E-state index is 0.177. The molecule has 4 rings (SSSR count). The van der Waals surface area contributed by atoms with Gasteiger partial charge in [-0.2, -0.15) is 13.2 Å². The Morgan fingerprint density at radius 2 is 1.71 bits per heavy atom. The molecular formula is C27H24F6N3O4P. The molecule has 3 aromatic rings. The van der Waals surface area contributed by atoms with Gasteiger partial charge in [0.1, 0.15) is 19.0 Å². The molecule has 1 aliphatic heterocycles. The van der Waals surface area contributed by atoms with Crippen molar-refractivity contribution >= 4 is 35.8 Å². The second kappa shape index (κ2) is 11.2. The molecule has 1 fully saturated rings. The molecule has 0 radical (unpaired) electrons. The standard InChI is InChI=1S/C27H24F6N3O4P/c1-41(2,40)21-6-4-3-5-16(21)17-8-10-20(23(30)22(17)29)36-12-14(13-37)24(25(36)38)35-26(39)34-19-9-7-15(11-18(19)28)27(31,32)33/h3-11,14,24,37H,12-13H2,1-2H3,(H2,34,35,39)/t14?,24-/m1/s1. The number of benzene rings is 3. The summed E-state index contributed by atoms with van der Waals surface area (Å²) in [6, 6.07) is 7.42. The van der Waals surface area contributed by atoms with Crippen LogP contribution in [0.1, 0.15) is 5.56 Å². The Hall–Kier alpha value is -3.83. The summed E-state index contributed by atoms with van der Waals surface area (Å²) in [5, 5.41) is 14.3. The molecule has 1 saturated heterocycles. The summed E-state index contributed by atoms with van der Waals surface area (Å²) >= 11 is 0. The Bertz CT molecular complexity index is 1560. The third kappa shape index (κ3) is 6.11. The van der Waals surface area contributed by atoms with Crippen molar-refractivity contribution in [3.05, 3.63) is 77.6 Å². The highest BCUT2D eigenvalue weighted by Gasteiger charge is 2.43. The number of halogens is 6. The number of rotatable bonds is 6. The van der Waals surface area contributed by atoms with Crippen LogP contribution in [0.25, 0.3) is 11.1 Å². The molecule has 7 nitrogen and oxygen atoms in total. The maximum Gasteiger partial charge on any atom is 0.416 e. The number of carbonyl (C=O) groups excluding carboxylic acids is 2. The van der Waals surface area contributed by atoms with Gasteiger partial charge in [0.25, 0.3) is 0 Å². The van der Waals surface area contributed by atoms with E-state index in [9.17, 15) is 36.8 Å². The summed E-state index contributed by atoms with van der Waals surface area (Å²) in [6.07, 6.45) is -4.81. The normalized spacial score (nSPS) is 17.6. The number of nitrogens with zero attached hydrogens (tertiary/aromatic N) is 1. The van der Waals surface area contributed by atoms with Gasteiger partial charge in [0, 0.05) is 23.3 Å². The third-order valence-electron chi connectivity index (χ3n) is 6.61. The van der Waals surface area contributed by atoms with Gasteiger partial charge in [-0.15, -0.1) is 0 Å². The minimum atomic E-state index is -4.81. The van der Waals surface area contributed by atoms with Gasteiger partial charge in [-0.3, -0.25) is 4.79 Å². The van der Waals surface area contributed by atoms with E-state index in [1.165, 1.54) is 25.5 Å². The fraction of sp³-hybridized carbons (Fsp3) is 0.259. The molecule has 0 aliphatic carbocycles. The molecule has 14 heteroatoms. The molecule has 1 heterocycles. The molecular weight excluding hydrogens is 575 g/mol. The van der Waals surface area contributed by atoms with Gasteiger partial charge < -0.3 is 25.2 Å². The van der Waals surface area contributed by atoms with Crippen molar-refractivity contribution in [2.45, 2.75) is 12.2 Å². The summed E-state index contributed by atoms with van der Waals surface area (Å²) in [5.74, 6) is -5.97. The minimum Gasteiger partial charge on any atom is -0.396 e. The van der Waals surface area contributed by atoms with Crippen LogP contribution in [0.15, 0.2) is 54.6 Å². The summed E-state index contributed by atoms with van der Waals surface area (Å²) in [5.41, 5.74) is -2.31. The lowest BCUT2D eigenvalue weighted by molar-refractivity contribution is -0.137. The number of carbonyl (C=O) groups is 2. The molecule has 2 atom stereocenters. The number of hydrogen-bond acceptors (Lipinski definition) is 4. The van der Waals surface area contributed by atoms with E-state index in [1.54, 1.807) is 18.2 Å². The lowest BCUT2D eigenvalue weighted by Crippen LogP contribution is -2.46. The molecule has 0 bridgehead atoms. The van der Waals surface area contributed by atoms with Crippen LogP contribution in [-0.2, 0) is 15.5 Å². The first-order valence-corrected chi connectivity index (χ1v) is 14.7. The van der Waals surface area contributed by atoms with Gasteiger partial charge in [-0.05, 0) is 49.2 Å². The Morgan fingerprint density at radius 1 is 1.02 bits per heavy atom. The number of urea groups is 1. The fourth-order valence-electron chi connectivity index (χ4n) is 4.58. The number of nitrogens with one attached hydrogen (secondary N) is 2. The number of aliphatic hydroxyl groups is 1.